The second-order valence-electron chi connectivity index (χ2n) is 10.7. The van der Waals surface area contributed by atoms with E-state index in [4.69, 9.17) is 9.47 Å². The van der Waals surface area contributed by atoms with Crippen LogP contribution in [-0.2, 0) is 16.1 Å². The normalized spacial score (nSPS) is 11.8. The number of ether oxygens (including phenoxy) is 2. The second-order valence-corrected chi connectivity index (χ2v) is 13.0. The molecule has 0 saturated heterocycles. The first-order valence-corrected chi connectivity index (χ1v) is 13.3. The Labute approximate surface area is 230 Å². The van der Waals surface area contributed by atoms with Crippen molar-refractivity contribution >= 4 is 66.8 Å². The number of rotatable bonds is 7. The van der Waals surface area contributed by atoms with Crippen LogP contribution in [-0.4, -0.2) is 43.0 Å². The molecule has 0 bridgehead atoms. The maximum atomic E-state index is 13.0. The summed E-state index contributed by atoms with van der Waals surface area (Å²) in [6.07, 6.45) is 0. The van der Waals surface area contributed by atoms with Crippen LogP contribution in [0.5, 0.6) is 11.5 Å². The van der Waals surface area contributed by atoms with Crippen LogP contribution >= 0.6 is 27.3 Å². The highest BCUT2D eigenvalue weighted by Crippen LogP contribution is 2.41. The number of amides is 2. The zero-order valence-corrected chi connectivity index (χ0v) is 25.1. The Bertz CT molecular complexity index is 1330. The summed E-state index contributed by atoms with van der Waals surface area (Å²) in [4.78, 5) is 37.5. The van der Waals surface area contributed by atoms with Gasteiger partial charge in [-0.1, -0.05) is 41.5 Å². The fourth-order valence-electron chi connectivity index (χ4n) is 3.32. The van der Waals surface area contributed by atoms with Crippen LogP contribution in [0.1, 0.15) is 47.1 Å². The van der Waals surface area contributed by atoms with Gasteiger partial charge in [0.2, 0.25) is 17.8 Å². The van der Waals surface area contributed by atoms with Gasteiger partial charge in [-0.25, -0.2) is 4.98 Å². The molecule has 3 aromatic rings. The Morgan fingerprint density at radius 3 is 2.19 bits per heavy atom. The van der Waals surface area contributed by atoms with Gasteiger partial charge in [0, 0.05) is 36.1 Å². The molecule has 0 spiro atoms. The number of hydrogen-bond acceptors (Lipinski definition) is 8. The van der Waals surface area contributed by atoms with E-state index in [1.165, 1.54) is 11.3 Å². The van der Waals surface area contributed by atoms with Gasteiger partial charge < -0.3 is 19.7 Å². The average Bonchev–Trinajstić information content (AvgIpc) is 3.12. The van der Waals surface area contributed by atoms with Crippen molar-refractivity contribution in [2.24, 2.45) is 10.8 Å². The molecule has 0 aliphatic heterocycles. The molecule has 0 radical (unpaired) electrons. The van der Waals surface area contributed by atoms with Crippen molar-refractivity contribution in [2.75, 3.05) is 36.8 Å². The maximum absolute atomic E-state index is 13.0. The predicted octanol–water partition coefficient (Wildman–Crippen LogP) is 6.08. The fourth-order valence-corrected chi connectivity index (χ4v) is 5.02. The molecule has 2 heterocycles. The quantitative estimate of drug-likeness (QED) is 0.343. The number of nitrogens with one attached hydrogen (secondary N) is 2. The molecule has 2 N–H and O–H groups in total. The lowest BCUT2D eigenvalue weighted by atomic mass is 9.95. The van der Waals surface area contributed by atoms with E-state index >= 15 is 0 Å². The number of carbonyl (C=O) groups excluding carboxylic acids is 2. The van der Waals surface area contributed by atoms with Crippen LogP contribution in [0, 0.1) is 10.8 Å². The Balaban J connectivity index is 2.12. The van der Waals surface area contributed by atoms with E-state index in [0.717, 1.165) is 15.0 Å². The summed E-state index contributed by atoms with van der Waals surface area (Å²) in [6, 6.07) is 5.60. The molecule has 200 valence electrons. The molecule has 0 atom stereocenters. The molecule has 0 aliphatic carbocycles. The molecule has 3 rings (SSSR count). The van der Waals surface area contributed by atoms with Crippen LogP contribution in [0.3, 0.4) is 0 Å². The molecule has 2 amide bonds. The van der Waals surface area contributed by atoms with Crippen LogP contribution < -0.4 is 25.0 Å². The third-order valence-corrected chi connectivity index (χ3v) is 7.49. The SMILES string of the molecule is COc1ccc(OC)c(N(C)Cc2c(Br)sc3nc(NC(=O)C(C)(C)C)nc(NC(=O)C(C)(C)C)c23)c1. The molecule has 0 fully saturated rings. The summed E-state index contributed by atoms with van der Waals surface area (Å²) in [7, 11) is 5.18. The summed E-state index contributed by atoms with van der Waals surface area (Å²) in [6.45, 7) is 11.4. The summed E-state index contributed by atoms with van der Waals surface area (Å²) < 4.78 is 11.8. The van der Waals surface area contributed by atoms with Gasteiger partial charge in [0.25, 0.3) is 0 Å². The largest absolute Gasteiger partial charge is 0.497 e. The number of halogens is 1. The van der Waals surface area contributed by atoms with Crippen molar-refractivity contribution in [1.82, 2.24) is 9.97 Å². The lowest BCUT2D eigenvalue weighted by molar-refractivity contribution is -0.123. The summed E-state index contributed by atoms with van der Waals surface area (Å²) >= 11 is 5.10. The van der Waals surface area contributed by atoms with E-state index < -0.39 is 10.8 Å². The van der Waals surface area contributed by atoms with E-state index in [9.17, 15) is 9.59 Å². The molecule has 9 nitrogen and oxygen atoms in total. The summed E-state index contributed by atoms with van der Waals surface area (Å²) in [5.74, 6) is 1.47. The van der Waals surface area contributed by atoms with Crippen LogP contribution in [0.4, 0.5) is 17.5 Å². The van der Waals surface area contributed by atoms with E-state index in [-0.39, 0.29) is 17.8 Å². The zero-order valence-electron chi connectivity index (χ0n) is 22.7. The number of anilines is 3. The molecule has 0 unspecified atom stereocenters. The Morgan fingerprint density at radius 2 is 1.62 bits per heavy atom. The van der Waals surface area contributed by atoms with Crippen molar-refractivity contribution in [1.29, 1.82) is 0 Å². The predicted molar refractivity (Wildman–Crippen MR) is 153 cm³/mol. The molecule has 1 aromatic carbocycles. The van der Waals surface area contributed by atoms with E-state index in [1.807, 2.05) is 71.7 Å². The Morgan fingerprint density at radius 1 is 1.00 bits per heavy atom. The number of nitrogens with zero attached hydrogens (tertiary/aromatic N) is 3. The molecule has 0 aliphatic rings. The highest BCUT2D eigenvalue weighted by atomic mass is 79.9. The van der Waals surface area contributed by atoms with Gasteiger partial charge in [-0.05, 0) is 28.1 Å². The van der Waals surface area contributed by atoms with Crippen LogP contribution in [0.15, 0.2) is 22.0 Å². The van der Waals surface area contributed by atoms with Gasteiger partial charge in [0.15, 0.2) is 0 Å². The average molecular weight is 593 g/mol. The van der Waals surface area contributed by atoms with E-state index in [2.05, 4.69) is 36.5 Å². The second kappa shape index (κ2) is 10.8. The van der Waals surface area contributed by atoms with Gasteiger partial charge in [-0.2, -0.15) is 4.98 Å². The van der Waals surface area contributed by atoms with Crippen molar-refractivity contribution in [2.45, 2.75) is 48.1 Å². The van der Waals surface area contributed by atoms with Gasteiger partial charge in [-0.15, -0.1) is 11.3 Å². The van der Waals surface area contributed by atoms with Gasteiger partial charge >= 0.3 is 0 Å². The smallest absolute Gasteiger partial charge is 0.232 e. The summed E-state index contributed by atoms with van der Waals surface area (Å²) in [5.41, 5.74) is 0.450. The molecule has 37 heavy (non-hydrogen) atoms. The van der Waals surface area contributed by atoms with Crippen molar-refractivity contribution < 1.29 is 19.1 Å². The van der Waals surface area contributed by atoms with Crippen molar-refractivity contribution in [3.63, 3.8) is 0 Å². The van der Waals surface area contributed by atoms with Crippen LogP contribution in [0.2, 0.25) is 0 Å². The number of methoxy groups -OCH3 is 2. The monoisotopic (exact) mass is 591 g/mol. The topological polar surface area (TPSA) is 106 Å². The number of thiophene rings is 1. The molecular formula is C26H34BrN5O4S. The summed E-state index contributed by atoms with van der Waals surface area (Å²) in [5, 5.41) is 6.46. The van der Waals surface area contributed by atoms with Gasteiger partial charge in [-0.3, -0.25) is 14.9 Å². The van der Waals surface area contributed by atoms with Crippen LogP contribution in [0.25, 0.3) is 10.2 Å². The van der Waals surface area contributed by atoms with Crippen molar-refractivity contribution in [3.8, 4) is 11.5 Å². The Kier molecular flexibility index (Phi) is 8.38. The minimum Gasteiger partial charge on any atom is -0.497 e. The number of aromatic nitrogens is 2. The first-order valence-electron chi connectivity index (χ1n) is 11.7. The number of hydrogen-bond donors (Lipinski definition) is 2. The highest BCUT2D eigenvalue weighted by molar-refractivity contribution is 9.11. The number of carbonyl (C=O) groups is 2. The van der Waals surface area contributed by atoms with E-state index in [1.54, 1.807) is 14.2 Å². The zero-order chi connectivity index (χ0) is 27.7. The lowest BCUT2D eigenvalue weighted by Gasteiger charge is -2.23. The fraction of sp³-hybridized carbons (Fsp3) is 0.462. The first kappa shape index (κ1) is 28.6. The third kappa shape index (κ3) is 6.51. The molecule has 11 heteroatoms. The molecule has 0 saturated carbocycles. The minimum absolute atomic E-state index is 0.139. The first-order chi connectivity index (χ1) is 17.1. The number of fused-ring (bicyclic) bond motifs is 1. The molecule has 2 aromatic heterocycles. The highest BCUT2D eigenvalue weighted by Gasteiger charge is 2.27. The lowest BCUT2D eigenvalue weighted by Crippen LogP contribution is -2.30. The minimum atomic E-state index is -0.649. The number of benzene rings is 1. The van der Waals surface area contributed by atoms with Crippen molar-refractivity contribution in [3.05, 3.63) is 27.5 Å². The standard InChI is InChI=1S/C26H34BrN5O4S/c1-25(2,3)22(33)28-20-18-15(13-32(7)16-12-14(35-8)10-11-17(16)36-9)19(27)37-21(18)30-24(29-20)31-23(34)26(4,5)6/h10-12H,13H2,1-9H3,(H2,28,29,30,31,33,34). The van der Waals surface area contributed by atoms with Gasteiger partial charge in [0.1, 0.15) is 22.1 Å². The van der Waals surface area contributed by atoms with E-state index in [0.29, 0.717) is 34.1 Å². The maximum Gasteiger partial charge on any atom is 0.232 e. The molecular weight excluding hydrogens is 558 g/mol. The Hall–Kier alpha value is -2.92. The third-order valence-electron chi connectivity index (χ3n) is 5.61. The van der Waals surface area contributed by atoms with Gasteiger partial charge in [0.05, 0.1) is 29.1 Å².